The second-order valence-electron chi connectivity index (χ2n) is 3.44. The number of nitrogens with two attached hydrogens (primary N) is 1. The zero-order valence-electron chi connectivity index (χ0n) is 10.5. The van der Waals surface area contributed by atoms with Crippen LogP contribution in [0.5, 0.6) is 0 Å². The van der Waals surface area contributed by atoms with Crippen LogP contribution in [-0.4, -0.2) is 17.8 Å². The van der Waals surface area contributed by atoms with Gasteiger partial charge in [0.2, 0.25) is 5.91 Å². The molecule has 1 heterocycles. The lowest BCUT2D eigenvalue weighted by atomic mass is 10.1. The molecule has 0 aromatic heterocycles. The molecule has 4 N–H and O–H groups in total. The standard InChI is InChI=1S/C10H9N3O3.C2H6/c1-5(14)11-6-2-3-8-7(4-6)9(15)13-10(16)12-8;1-2/h2-4H,1H3,(H,11,14)(H2,12,13,15,16);1-2H3/p+1. The number of amides is 4. The van der Waals surface area contributed by atoms with Crippen molar-refractivity contribution >= 4 is 29.2 Å². The summed E-state index contributed by atoms with van der Waals surface area (Å²) < 4.78 is 0. The molecule has 0 atom stereocenters. The van der Waals surface area contributed by atoms with Gasteiger partial charge in [-0.25, -0.2) is 9.59 Å². The van der Waals surface area contributed by atoms with E-state index in [2.05, 4.69) is 10.6 Å². The maximum absolute atomic E-state index is 11.5. The maximum atomic E-state index is 11.5. The third-order valence-electron chi connectivity index (χ3n) is 2.13. The molecule has 1 aromatic carbocycles. The predicted molar refractivity (Wildman–Crippen MR) is 67.4 cm³/mol. The minimum atomic E-state index is -0.426. The van der Waals surface area contributed by atoms with Crippen LogP contribution in [-0.2, 0) is 4.79 Å². The van der Waals surface area contributed by atoms with Gasteiger partial charge >= 0.3 is 11.9 Å². The molecule has 1 aliphatic heterocycles. The molecule has 6 heteroatoms. The van der Waals surface area contributed by atoms with Crippen LogP contribution >= 0.6 is 0 Å². The van der Waals surface area contributed by atoms with E-state index in [0.29, 0.717) is 16.9 Å². The first-order valence-electron chi connectivity index (χ1n) is 5.68. The molecule has 0 saturated heterocycles. The van der Waals surface area contributed by atoms with Crippen LogP contribution in [0.2, 0.25) is 0 Å². The second kappa shape index (κ2) is 5.92. The number of imide groups is 1. The lowest BCUT2D eigenvalue weighted by molar-refractivity contribution is -0.446. The van der Waals surface area contributed by atoms with Gasteiger partial charge in [-0.15, -0.1) is 0 Å². The first-order valence-corrected chi connectivity index (χ1v) is 5.68. The van der Waals surface area contributed by atoms with Crippen molar-refractivity contribution < 1.29 is 19.7 Å². The monoisotopic (exact) mass is 250 g/mol. The Bertz CT molecular complexity index is 497. The van der Waals surface area contributed by atoms with Gasteiger partial charge in [-0.05, 0) is 18.2 Å². The Kier molecular flexibility index (Phi) is 4.56. The summed E-state index contributed by atoms with van der Waals surface area (Å²) in [7, 11) is 0. The number of quaternary nitrogens is 1. The van der Waals surface area contributed by atoms with Gasteiger partial charge in [0.1, 0.15) is 5.56 Å². The molecular weight excluding hydrogens is 234 g/mol. The summed E-state index contributed by atoms with van der Waals surface area (Å²) >= 11 is 0. The number of urea groups is 1. The highest BCUT2D eigenvalue weighted by atomic mass is 16.2. The highest BCUT2D eigenvalue weighted by Gasteiger charge is 2.26. The number of primary amides is 2. The van der Waals surface area contributed by atoms with Crippen LogP contribution in [0.15, 0.2) is 18.2 Å². The average Bonchev–Trinajstić information content (AvgIpc) is 2.32. The van der Waals surface area contributed by atoms with E-state index in [1.54, 1.807) is 12.1 Å². The normalized spacial score (nSPS) is 12.8. The number of rotatable bonds is 1. The Morgan fingerprint density at radius 1 is 1.28 bits per heavy atom. The lowest BCUT2D eigenvalue weighted by Gasteiger charge is -2.13. The topological polar surface area (TPSA) is 91.9 Å². The van der Waals surface area contributed by atoms with E-state index in [1.807, 2.05) is 13.8 Å². The second-order valence-corrected chi connectivity index (χ2v) is 3.44. The average molecular weight is 250 g/mol. The molecule has 0 fully saturated rings. The van der Waals surface area contributed by atoms with Crippen molar-refractivity contribution in [3.63, 3.8) is 0 Å². The largest absolute Gasteiger partial charge is 0.425 e. The molecule has 2 rings (SSSR count). The molecule has 0 spiro atoms. The van der Waals surface area contributed by atoms with Crippen LogP contribution in [0.3, 0.4) is 0 Å². The number of hydrogen-bond acceptors (Lipinski definition) is 3. The summed E-state index contributed by atoms with van der Waals surface area (Å²) in [4.78, 5) is 33.4. The number of hydrogen-bond donors (Lipinski definition) is 3. The summed E-state index contributed by atoms with van der Waals surface area (Å²) in [6.07, 6.45) is 0. The molecule has 1 aliphatic rings. The predicted octanol–water partition coefficient (Wildman–Crippen LogP) is 0.920. The third kappa shape index (κ3) is 3.14. The quantitative estimate of drug-likeness (QED) is 0.692. The molecule has 0 unspecified atom stereocenters. The molecule has 0 saturated carbocycles. The van der Waals surface area contributed by atoms with Crippen molar-refractivity contribution in [2.45, 2.75) is 20.8 Å². The number of benzene rings is 1. The van der Waals surface area contributed by atoms with E-state index >= 15 is 0 Å². The van der Waals surface area contributed by atoms with Crippen molar-refractivity contribution in [2.75, 3.05) is 10.6 Å². The fraction of sp³-hybridized carbons (Fsp3) is 0.250. The van der Waals surface area contributed by atoms with Gasteiger partial charge in [-0.1, -0.05) is 13.8 Å². The Morgan fingerprint density at radius 3 is 2.56 bits per heavy atom. The molecule has 18 heavy (non-hydrogen) atoms. The Labute approximate surface area is 105 Å². The van der Waals surface area contributed by atoms with E-state index in [4.69, 9.17) is 0 Å². The van der Waals surface area contributed by atoms with Gasteiger partial charge < -0.3 is 5.32 Å². The third-order valence-corrected chi connectivity index (χ3v) is 2.13. The summed E-state index contributed by atoms with van der Waals surface area (Å²) in [5, 5.41) is 6.10. The molecule has 96 valence electrons. The molecule has 1 aromatic rings. The summed E-state index contributed by atoms with van der Waals surface area (Å²) in [5.41, 5.74) is 1.38. The highest BCUT2D eigenvalue weighted by molar-refractivity contribution is 6.06. The SMILES string of the molecule is CC.CC(=O)Nc1ccc2c(c1)C(=O)[NH2+]C(=O)N2. The molecule has 0 bridgehead atoms. The summed E-state index contributed by atoms with van der Waals surface area (Å²) in [5.74, 6) is -0.567. The Hall–Kier alpha value is -2.21. The Balaban J connectivity index is 0.000000771. The van der Waals surface area contributed by atoms with Crippen molar-refractivity contribution in [2.24, 2.45) is 0 Å². The molecule has 0 radical (unpaired) electrons. The van der Waals surface area contributed by atoms with Gasteiger partial charge in [0.05, 0.1) is 5.69 Å². The first-order chi connectivity index (χ1) is 8.56. The van der Waals surface area contributed by atoms with E-state index < -0.39 is 6.03 Å². The zero-order valence-corrected chi connectivity index (χ0v) is 10.5. The molecule has 6 nitrogen and oxygen atoms in total. The van der Waals surface area contributed by atoms with Crippen molar-refractivity contribution in [3.05, 3.63) is 23.8 Å². The van der Waals surface area contributed by atoms with Crippen molar-refractivity contribution in [3.8, 4) is 0 Å². The zero-order chi connectivity index (χ0) is 13.7. The van der Waals surface area contributed by atoms with Crippen molar-refractivity contribution in [1.82, 2.24) is 0 Å². The van der Waals surface area contributed by atoms with Gasteiger partial charge in [0.25, 0.3) is 0 Å². The van der Waals surface area contributed by atoms with Gasteiger partial charge in [-0.3, -0.25) is 10.1 Å². The van der Waals surface area contributed by atoms with Crippen LogP contribution in [0, 0.1) is 0 Å². The summed E-state index contributed by atoms with van der Waals surface area (Å²) in [6, 6.07) is 4.32. The van der Waals surface area contributed by atoms with Gasteiger partial charge in [0.15, 0.2) is 0 Å². The lowest BCUT2D eigenvalue weighted by Crippen LogP contribution is -2.94. The number of fused-ring (bicyclic) bond motifs is 1. The smallest absolute Gasteiger partial charge is 0.326 e. The first kappa shape index (κ1) is 13.9. The van der Waals surface area contributed by atoms with Crippen LogP contribution < -0.4 is 16.0 Å². The molecular formula is C12H16N3O3+. The fourth-order valence-corrected chi connectivity index (χ4v) is 1.50. The van der Waals surface area contributed by atoms with Crippen LogP contribution in [0.4, 0.5) is 16.2 Å². The summed E-state index contributed by atoms with van der Waals surface area (Å²) in [6.45, 7) is 5.38. The highest BCUT2D eigenvalue weighted by Crippen LogP contribution is 2.21. The van der Waals surface area contributed by atoms with Crippen molar-refractivity contribution in [1.29, 1.82) is 0 Å². The minimum absolute atomic E-state index is 0.212. The van der Waals surface area contributed by atoms with E-state index in [0.717, 1.165) is 5.32 Å². The maximum Gasteiger partial charge on any atom is 0.425 e. The fourth-order valence-electron chi connectivity index (χ4n) is 1.50. The van der Waals surface area contributed by atoms with Gasteiger partial charge in [-0.2, -0.15) is 5.32 Å². The number of anilines is 2. The minimum Gasteiger partial charge on any atom is -0.326 e. The molecule has 4 amide bonds. The number of nitrogens with one attached hydrogen (secondary N) is 2. The van der Waals surface area contributed by atoms with Crippen LogP contribution in [0.25, 0.3) is 0 Å². The van der Waals surface area contributed by atoms with Crippen LogP contribution in [0.1, 0.15) is 31.1 Å². The van der Waals surface area contributed by atoms with E-state index in [1.165, 1.54) is 13.0 Å². The number of carbonyl (C=O) groups is 3. The Morgan fingerprint density at radius 2 is 1.94 bits per heavy atom. The molecule has 0 aliphatic carbocycles. The van der Waals surface area contributed by atoms with E-state index in [9.17, 15) is 14.4 Å². The van der Waals surface area contributed by atoms with Gasteiger partial charge in [0, 0.05) is 12.6 Å². The van der Waals surface area contributed by atoms with E-state index in [-0.39, 0.29) is 11.8 Å². The number of carbonyl (C=O) groups excluding carboxylic acids is 3.